The van der Waals surface area contributed by atoms with Gasteiger partial charge < -0.3 is 0 Å². The Morgan fingerprint density at radius 1 is 1.70 bits per heavy atom. The van der Waals surface area contributed by atoms with Crippen LogP contribution in [0.4, 0.5) is 0 Å². The predicted molar refractivity (Wildman–Crippen MR) is 40.6 cm³/mol. The van der Waals surface area contributed by atoms with Crippen molar-refractivity contribution in [2.24, 2.45) is 5.16 Å². The topological polar surface area (TPSA) is 33.6 Å². The van der Waals surface area contributed by atoms with E-state index in [4.69, 9.17) is 4.94 Å². The molecule has 0 atom stereocenters. The van der Waals surface area contributed by atoms with Gasteiger partial charge in [-0.2, -0.15) is 0 Å². The first-order valence-corrected chi connectivity index (χ1v) is 3.63. The third kappa shape index (κ3) is 1.70. The molecule has 1 N–H and O–H groups in total. The van der Waals surface area contributed by atoms with Crippen molar-refractivity contribution in [1.82, 2.24) is 5.48 Å². The van der Waals surface area contributed by atoms with Crippen LogP contribution in [0.2, 0.25) is 0 Å². The summed E-state index contributed by atoms with van der Waals surface area (Å²) in [6.45, 7) is 6.28. The summed E-state index contributed by atoms with van der Waals surface area (Å²) in [5, 5.41) is 3.85. The van der Waals surface area contributed by atoms with E-state index >= 15 is 0 Å². The zero-order valence-corrected chi connectivity index (χ0v) is 6.77. The molecule has 1 heterocycles. The van der Waals surface area contributed by atoms with E-state index in [1.165, 1.54) is 0 Å². The maximum atomic E-state index is 4.83. The highest BCUT2D eigenvalue weighted by atomic mass is 16.8. The molecule has 3 heteroatoms. The molecule has 58 valence electrons. The SMILES string of the molecule is CCC1=NONC(C)(C)C1. The Bertz CT molecular complexity index is 152. The van der Waals surface area contributed by atoms with Gasteiger partial charge in [0, 0.05) is 6.42 Å². The molecule has 0 aromatic heterocycles. The molecule has 1 rings (SSSR count). The number of hydrogen-bond acceptors (Lipinski definition) is 3. The largest absolute Gasteiger partial charge is 0.299 e. The van der Waals surface area contributed by atoms with Crippen LogP contribution in [0.1, 0.15) is 33.6 Å². The molecule has 0 radical (unpaired) electrons. The van der Waals surface area contributed by atoms with Gasteiger partial charge in [0.25, 0.3) is 0 Å². The molecule has 0 bridgehead atoms. The molecule has 0 aromatic carbocycles. The van der Waals surface area contributed by atoms with Crippen LogP contribution in [0.5, 0.6) is 0 Å². The Kier molecular flexibility index (Phi) is 1.94. The molecule has 0 spiro atoms. The van der Waals surface area contributed by atoms with Gasteiger partial charge >= 0.3 is 0 Å². The molecule has 1 aliphatic rings. The van der Waals surface area contributed by atoms with Crippen molar-refractivity contribution in [2.75, 3.05) is 0 Å². The van der Waals surface area contributed by atoms with Gasteiger partial charge in [-0.15, -0.1) is 5.48 Å². The number of nitrogens with one attached hydrogen (secondary N) is 1. The molecule has 10 heavy (non-hydrogen) atoms. The third-order valence-electron chi connectivity index (χ3n) is 1.55. The normalized spacial score (nSPS) is 23.3. The maximum absolute atomic E-state index is 4.83. The molecule has 0 saturated carbocycles. The van der Waals surface area contributed by atoms with E-state index in [1.807, 2.05) is 0 Å². The Balaban J connectivity index is 2.57. The second-order valence-corrected chi connectivity index (χ2v) is 3.27. The fourth-order valence-corrected chi connectivity index (χ4v) is 0.979. The number of nitrogens with zero attached hydrogens (tertiary/aromatic N) is 1. The lowest BCUT2D eigenvalue weighted by atomic mass is 9.97. The van der Waals surface area contributed by atoms with Crippen molar-refractivity contribution >= 4 is 5.71 Å². The summed E-state index contributed by atoms with van der Waals surface area (Å²) in [6.07, 6.45) is 1.95. The van der Waals surface area contributed by atoms with Crippen LogP contribution in [0.3, 0.4) is 0 Å². The minimum absolute atomic E-state index is 0.0487. The van der Waals surface area contributed by atoms with Gasteiger partial charge in [-0.05, 0) is 20.3 Å². The fourth-order valence-electron chi connectivity index (χ4n) is 0.979. The van der Waals surface area contributed by atoms with Gasteiger partial charge in [0.2, 0.25) is 0 Å². The average molecular weight is 142 g/mol. The van der Waals surface area contributed by atoms with E-state index in [-0.39, 0.29) is 5.54 Å². The maximum Gasteiger partial charge on any atom is 0.0614 e. The smallest absolute Gasteiger partial charge is 0.0614 e. The molecule has 0 unspecified atom stereocenters. The Morgan fingerprint density at radius 3 is 2.80 bits per heavy atom. The minimum Gasteiger partial charge on any atom is -0.299 e. The van der Waals surface area contributed by atoms with Crippen molar-refractivity contribution in [2.45, 2.75) is 39.2 Å². The van der Waals surface area contributed by atoms with Gasteiger partial charge in [-0.3, -0.25) is 4.94 Å². The van der Waals surface area contributed by atoms with Crippen molar-refractivity contribution < 1.29 is 4.94 Å². The molecule has 0 saturated heterocycles. The Hall–Kier alpha value is -0.570. The van der Waals surface area contributed by atoms with Crippen LogP contribution in [0.25, 0.3) is 0 Å². The molecule has 3 nitrogen and oxygen atoms in total. The van der Waals surface area contributed by atoms with Crippen LogP contribution >= 0.6 is 0 Å². The second kappa shape index (κ2) is 2.58. The third-order valence-corrected chi connectivity index (χ3v) is 1.55. The molecular formula is C7H14N2O. The second-order valence-electron chi connectivity index (χ2n) is 3.27. The van der Waals surface area contributed by atoms with Crippen LogP contribution < -0.4 is 5.48 Å². The summed E-state index contributed by atoms with van der Waals surface area (Å²) in [5.74, 6) is 0. The quantitative estimate of drug-likeness (QED) is 0.601. The van der Waals surface area contributed by atoms with Crippen LogP contribution in [-0.4, -0.2) is 11.3 Å². The van der Waals surface area contributed by atoms with Crippen molar-refractivity contribution in [3.05, 3.63) is 0 Å². The first-order chi connectivity index (χ1) is 4.64. The first kappa shape index (κ1) is 7.54. The standard InChI is InChI=1S/C7H14N2O/c1-4-6-5-7(2,3)9-10-8-6/h9H,4-5H2,1-3H3. The van der Waals surface area contributed by atoms with Crippen LogP contribution in [0, 0.1) is 0 Å². The van der Waals surface area contributed by atoms with Gasteiger partial charge in [-0.25, -0.2) is 0 Å². The summed E-state index contributed by atoms with van der Waals surface area (Å²) < 4.78 is 0. The number of oxime groups is 1. The van der Waals surface area contributed by atoms with Gasteiger partial charge in [0.1, 0.15) is 0 Å². The minimum atomic E-state index is 0.0487. The van der Waals surface area contributed by atoms with Gasteiger partial charge in [-0.1, -0.05) is 12.1 Å². The van der Waals surface area contributed by atoms with Crippen LogP contribution in [0.15, 0.2) is 5.16 Å². The number of rotatable bonds is 1. The summed E-state index contributed by atoms with van der Waals surface area (Å²) in [4.78, 5) is 4.83. The van der Waals surface area contributed by atoms with E-state index in [1.54, 1.807) is 0 Å². The lowest BCUT2D eigenvalue weighted by Crippen LogP contribution is -2.43. The highest BCUT2D eigenvalue weighted by molar-refractivity contribution is 5.84. The molecule has 0 aromatic rings. The molecule has 0 amide bonds. The van der Waals surface area contributed by atoms with Crippen molar-refractivity contribution in [3.8, 4) is 0 Å². The zero-order chi connectivity index (χ0) is 7.61. The highest BCUT2D eigenvalue weighted by Crippen LogP contribution is 2.14. The van der Waals surface area contributed by atoms with Crippen molar-refractivity contribution in [3.63, 3.8) is 0 Å². The number of hydrogen-bond donors (Lipinski definition) is 1. The average Bonchev–Trinajstić information content (AvgIpc) is 1.86. The Labute approximate surface area is 61.4 Å². The lowest BCUT2D eigenvalue weighted by molar-refractivity contribution is -0.0198. The summed E-state index contributed by atoms with van der Waals surface area (Å²) in [7, 11) is 0. The lowest BCUT2D eigenvalue weighted by Gasteiger charge is -2.27. The molecular weight excluding hydrogens is 128 g/mol. The molecule has 1 aliphatic heterocycles. The Morgan fingerprint density at radius 2 is 2.40 bits per heavy atom. The summed E-state index contributed by atoms with van der Waals surface area (Å²) >= 11 is 0. The highest BCUT2D eigenvalue weighted by Gasteiger charge is 2.24. The van der Waals surface area contributed by atoms with E-state index in [0.29, 0.717) is 0 Å². The predicted octanol–water partition coefficient (Wildman–Crippen LogP) is 1.46. The van der Waals surface area contributed by atoms with Crippen molar-refractivity contribution in [1.29, 1.82) is 0 Å². The van der Waals surface area contributed by atoms with E-state index in [2.05, 4.69) is 31.4 Å². The molecule has 0 fully saturated rings. The summed E-state index contributed by atoms with van der Waals surface area (Å²) in [6, 6.07) is 0. The van der Waals surface area contributed by atoms with Gasteiger partial charge in [0.05, 0.1) is 11.3 Å². The fraction of sp³-hybridized carbons (Fsp3) is 0.857. The van der Waals surface area contributed by atoms with E-state index in [9.17, 15) is 0 Å². The molecule has 0 aliphatic carbocycles. The van der Waals surface area contributed by atoms with Crippen LogP contribution in [-0.2, 0) is 4.94 Å². The summed E-state index contributed by atoms with van der Waals surface area (Å²) in [5.41, 5.74) is 4.01. The monoisotopic (exact) mass is 142 g/mol. The van der Waals surface area contributed by atoms with E-state index in [0.717, 1.165) is 18.6 Å². The first-order valence-electron chi connectivity index (χ1n) is 3.63. The number of hydroxylamine groups is 1. The zero-order valence-electron chi connectivity index (χ0n) is 6.77. The van der Waals surface area contributed by atoms with E-state index < -0.39 is 0 Å². The van der Waals surface area contributed by atoms with Gasteiger partial charge in [0.15, 0.2) is 0 Å².